The van der Waals surface area contributed by atoms with Gasteiger partial charge in [0.15, 0.2) is 0 Å². The van der Waals surface area contributed by atoms with Crippen LogP contribution in [0.3, 0.4) is 0 Å². The van der Waals surface area contributed by atoms with Crippen molar-refractivity contribution in [2.24, 2.45) is 11.8 Å². The zero-order valence-electron chi connectivity index (χ0n) is 13.9. The normalized spacial score (nSPS) is 26.8. The van der Waals surface area contributed by atoms with Gasteiger partial charge in [-0.2, -0.15) is 4.31 Å². The SMILES string of the molecule is CS(=O)(=O)N1C[C@H]2CN(C(=O)c3cnc[nH]3)C[C@H]2[C@@H]1c1ccccc1. The monoisotopic (exact) mass is 360 g/mol. The molecule has 4 rings (SSSR count). The molecule has 8 heteroatoms. The Balaban J connectivity index is 1.63. The number of nitrogens with zero attached hydrogens (tertiary/aromatic N) is 3. The third-order valence-corrected chi connectivity index (χ3v) is 6.43. The lowest BCUT2D eigenvalue weighted by Crippen LogP contribution is -2.37. The van der Waals surface area contributed by atoms with Gasteiger partial charge in [-0.15, -0.1) is 0 Å². The number of aromatic nitrogens is 2. The molecule has 1 aromatic carbocycles. The summed E-state index contributed by atoms with van der Waals surface area (Å²) in [5.41, 5.74) is 1.45. The average molecular weight is 360 g/mol. The molecule has 2 saturated heterocycles. The number of rotatable bonds is 3. The van der Waals surface area contributed by atoms with Crippen molar-refractivity contribution in [1.29, 1.82) is 0 Å². The first-order chi connectivity index (χ1) is 11.9. The van der Waals surface area contributed by atoms with Crippen molar-refractivity contribution in [1.82, 2.24) is 19.2 Å². The highest BCUT2D eigenvalue weighted by Crippen LogP contribution is 2.46. The number of likely N-dealkylation sites (tertiary alicyclic amines) is 1. The molecule has 2 aliphatic heterocycles. The van der Waals surface area contributed by atoms with Gasteiger partial charge >= 0.3 is 0 Å². The molecule has 25 heavy (non-hydrogen) atoms. The van der Waals surface area contributed by atoms with Crippen molar-refractivity contribution in [3.8, 4) is 0 Å². The van der Waals surface area contributed by atoms with E-state index in [9.17, 15) is 13.2 Å². The number of carbonyl (C=O) groups excluding carboxylic acids is 1. The van der Waals surface area contributed by atoms with Crippen molar-refractivity contribution < 1.29 is 13.2 Å². The highest BCUT2D eigenvalue weighted by Gasteiger charge is 2.51. The molecule has 1 aromatic heterocycles. The maximum absolute atomic E-state index is 12.6. The van der Waals surface area contributed by atoms with E-state index >= 15 is 0 Å². The lowest BCUT2D eigenvalue weighted by molar-refractivity contribution is 0.0768. The van der Waals surface area contributed by atoms with Crippen LogP contribution in [0.5, 0.6) is 0 Å². The Bertz CT molecular complexity index is 867. The van der Waals surface area contributed by atoms with Crippen LogP contribution >= 0.6 is 0 Å². The van der Waals surface area contributed by atoms with E-state index in [0.29, 0.717) is 25.3 Å². The molecule has 0 bridgehead atoms. The molecule has 2 fully saturated rings. The third kappa shape index (κ3) is 2.85. The van der Waals surface area contributed by atoms with Gasteiger partial charge in [-0.1, -0.05) is 30.3 Å². The Morgan fingerprint density at radius 2 is 1.96 bits per heavy atom. The quantitative estimate of drug-likeness (QED) is 0.888. The van der Waals surface area contributed by atoms with Gasteiger partial charge in [-0.05, 0) is 11.5 Å². The summed E-state index contributed by atoms with van der Waals surface area (Å²) in [6.07, 6.45) is 4.27. The minimum Gasteiger partial charge on any atom is -0.341 e. The number of benzene rings is 1. The molecule has 132 valence electrons. The number of sulfonamides is 1. The van der Waals surface area contributed by atoms with E-state index < -0.39 is 10.0 Å². The number of aromatic amines is 1. The summed E-state index contributed by atoms with van der Waals surface area (Å²) in [6, 6.07) is 9.47. The summed E-state index contributed by atoms with van der Waals surface area (Å²) < 4.78 is 26.2. The zero-order valence-corrected chi connectivity index (χ0v) is 14.7. The van der Waals surface area contributed by atoms with Crippen LogP contribution in [0.25, 0.3) is 0 Å². The van der Waals surface area contributed by atoms with Crippen LogP contribution in [0.2, 0.25) is 0 Å². The third-order valence-electron chi connectivity index (χ3n) is 5.20. The number of hydrogen-bond donors (Lipinski definition) is 1. The maximum atomic E-state index is 12.6. The van der Waals surface area contributed by atoms with E-state index in [1.165, 1.54) is 18.8 Å². The van der Waals surface area contributed by atoms with Crippen molar-refractivity contribution in [3.63, 3.8) is 0 Å². The number of nitrogens with one attached hydrogen (secondary N) is 1. The molecule has 0 aliphatic carbocycles. The number of hydrogen-bond acceptors (Lipinski definition) is 4. The second kappa shape index (κ2) is 5.96. The first-order valence-electron chi connectivity index (χ1n) is 8.24. The Morgan fingerprint density at radius 3 is 2.60 bits per heavy atom. The van der Waals surface area contributed by atoms with Gasteiger partial charge in [0.05, 0.1) is 24.8 Å². The van der Waals surface area contributed by atoms with Gasteiger partial charge in [0, 0.05) is 25.6 Å². The fraction of sp³-hybridized carbons (Fsp3) is 0.412. The number of amides is 1. The van der Waals surface area contributed by atoms with Gasteiger partial charge in [-0.25, -0.2) is 13.4 Å². The highest BCUT2D eigenvalue weighted by atomic mass is 32.2. The Labute approximate surface area is 146 Å². The Hall–Kier alpha value is -2.19. The molecule has 0 saturated carbocycles. The maximum Gasteiger partial charge on any atom is 0.271 e. The molecule has 3 heterocycles. The predicted molar refractivity (Wildman–Crippen MR) is 92.2 cm³/mol. The standard InChI is InChI=1S/C17H20N4O3S/c1-25(23,24)21-9-13-8-20(17(22)15-7-18-11-19-15)10-14(13)16(21)12-5-3-2-4-6-12/h2-7,11,13-14,16H,8-10H2,1H3,(H,18,19)/t13-,14-,16+/m1/s1. The summed E-state index contributed by atoms with van der Waals surface area (Å²) in [4.78, 5) is 21.1. The molecule has 1 amide bonds. The van der Waals surface area contributed by atoms with Gasteiger partial charge in [-0.3, -0.25) is 4.79 Å². The largest absolute Gasteiger partial charge is 0.341 e. The minimum atomic E-state index is -3.31. The van der Waals surface area contributed by atoms with E-state index in [0.717, 1.165) is 5.56 Å². The van der Waals surface area contributed by atoms with Crippen molar-refractivity contribution >= 4 is 15.9 Å². The zero-order chi connectivity index (χ0) is 17.6. The van der Waals surface area contributed by atoms with Crippen LogP contribution in [-0.4, -0.2) is 59.4 Å². The smallest absolute Gasteiger partial charge is 0.271 e. The van der Waals surface area contributed by atoms with Gasteiger partial charge in [0.25, 0.3) is 5.91 Å². The molecule has 0 radical (unpaired) electrons. The minimum absolute atomic E-state index is 0.0791. The second-order valence-corrected chi connectivity index (χ2v) is 8.72. The highest BCUT2D eigenvalue weighted by molar-refractivity contribution is 7.88. The summed E-state index contributed by atoms with van der Waals surface area (Å²) in [5, 5.41) is 0. The number of carbonyl (C=O) groups is 1. The number of fused-ring (bicyclic) bond motifs is 1. The first-order valence-corrected chi connectivity index (χ1v) is 10.1. The van der Waals surface area contributed by atoms with Crippen LogP contribution in [0.1, 0.15) is 22.1 Å². The molecule has 1 N–H and O–H groups in total. The molecule has 0 unspecified atom stereocenters. The number of imidazole rings is 1. The number of H-pyrrole nitrogens is 1. The molecule has 3 atom stereocenters. The van der Waals surface area contributed by atoms with Gasteiger partial charge in [0.2, 0.25) is 10.0 Å². The summed E-state index contributed by atoms with van der Waals surface area (Å²) >= 11 is 0. The van der Waals surface area contributed by atoms with E-state index in [4.69, 9.17) is 0 Å². The topological polar surface area (TPSA) is 86.4 Å². The fourth-order valence-electron chi connectivity index (χ4n) is 4.12. The van der Waals surface area contributed by atoms with E-state index in [2.05, 4.69) is 9.97 Å². The lowest BCUT2D eigenvalue weighted by atomic mass is 9.90. The lowest BCUT2D eigenvalue weighted by Gasteiger charge is -2.28. The second-order valence-electron chi connectivity index (χ2n) is 6.79. The molecule has 7 nitrogen and oxygen atoms in total. The van der Waals surface area contributed by atoms with E-state index in [1.807, 2.05) is 30.3 Å². The van der Waals surface area contributed by atoms with E-state index in [1.54, 1.807) is 9.21 Å². The Kier molecular flexibility index (Phi) is 3.88. The fourth-order valence-corrected chi connectivity index (χ4v) is 5.27. The van der Waals surface area contributed by atoms with Crippen LogP contribution in [0.4, 0.5) is 0 Å². The molecule has 2 aromatic rings. The van der Waals surface area contributed by atoms with Crippen molar-refractivity contribution in [3.05, 3.63) is 54.1 Å². The van der Waals surface area contributed by atoms with Gasteiger partial charge < -0.3 is 9.88 Å². The van der Waals surface area contributed by atoms with Crippen LogP contribution in [0, 0.1) is 11.8 Å². The van der Waals surface area contributed by atoms with Crippen molar-refractivity contribution in [2.45, 2.75) is 6.04 Å². The van der Waals surface area contributed by atoms with E-state index in [-0.39, 0.29) is 23.8 Å². The van der Waals surface area contributed by atoms with Gasteiger partial charge in [0.1, 0.15) is 5.69 Å². The first kappa shape index (κ1) is 16.3. The Morgan fingerprint density at radius 1 is 1.20 bits per heavy atom. The average Bonchev–Trinajstić information content (AvgIpc) is 3.29. The summed E-state index contributed by atoms with van der Waals surface area (Å²) in [5.74, 6) is 0.167. The molecule has 2 aliphatic rings. The predicted octanol–water partition coefficient (Wildman–Crippen LogP) is 1.11. The van der Waals surface area contributed by atoms with Crippen LogP contribution in [-0.2, 0) is 10.0 Å². The van der Waals surface area contributed by atoms with Crippen LogP contribution in [0.15, 0.2) is 42.9 Å². The molecular formula is C17H20N4O3S. The van der Waals surface area contributed by atoms with Crippen molar-refractivity contribution in [2.75, 3.05) is 25.9 Å². The summed E-state index contributed by atoms with van der Waals surface area (Å²) in [7, 11) is -3.31. The molecular weight excluding hydrogens is 340 g/mol. The summed E-state index contributed by atoms with van der Waals surface area (Å²) in [6.45, 7) is 1.57. The van der Waals surface area contributed by atoms with Crippen LogP contribution < -0.4 is 0 Å². The molecule has 0 spiro atoms.